The molecule has 13 heteroatoms. The van der Waals surface area contributed by atoms with Crippen molar-refractivity contribution < 1.29 is 39.0 Å². The number of ether oxygens (including phenoxy) is 2. The maximum atomic E-state index is 9.97. The van der Waals surface area contributed by atoms with Crippen molar-refractivity contribution in [1.29, 1.82) is 0 Å². The van der Waals surface area contributed by atoms with Crippen LogP contribution in [-0.2, 0) is 9.31 Å². The van der Waals surface area contributed by atoms with Gasteiger partial charge < -0.3 is 44.8 Å². The van der Waals surface area contributed by atoms with E-state index in [4.69, 9.17) is 36.1 Å². The monoisotopic (exact) mass is 585 g/mol. The molecule has 2 aromatic rings. The molecule has 4 unspecified atom stereocenters. The molecule has 36 heavy (non-hydrogen) atoms. The standard InChI is InChI=1S/C12H16BBrO4.C11H15BClNO4/c1-3-9-11-8(14)4-5-10(17-6-7(2)15)12(11)13(16)18-9;1-6(15)5-17-8-3-2-7(13)10-9(4-14)18-12(16)11(8)10/h4-5,7,9,15-16H,3,6H2,1-2H3;2-3,6,9,15-16H,4-5,14H2,1H3. The van der Waals surface area contributed by atoms with Crippen LogP contribution in [-0.4, -0.2) is 66.5 Å². The summed E-state index contributed by atoms with van der Waals surface area (Å²) in [5.74, 6) is 1.02. The van der Waals surface area contributed by atoms with Gasteiger partial charge in [-0.2, -0.15) is 0 Å². The number of aliphatic hydroxyl groups is 2. The third-order valence-corrected chi connectivity index (χ3v) is 6.68. The molecule has 0 fully saturated rings. The van der Waals surface area contributed by atoms with Gasteiger partial charge in [-0.05, 0) is 50.1 Å². The zero-order valence-corrected chi connectivity index (χ0v) is 22.7. The first-order chi connectivity index (χ1) is 17.1. The molecule has 4 rings (SSSR count). The Balaban J connectivity index is 0.000000201. The van der Waals surface area contributed by atoms with Crippen LogP contribution in [0.15, 0.2) is 28.7 Å². The Morgan fingerprint density at radius 1 is 0.944 bits per heavy atom. The fourth-order valence-corrected chi connectivity index (χ4v) is 4.96. The Labute approximate surface area is 224 Å². The highest BCUT2D eigenvalue weighted by molar-refractivity contribution is 9.10. The van der Waals surface area contributed by atoms with Gasteiger partial charge in [0.15, 0.2) is 0 Å². The molecular formula is C23H31B2BrClNO8. The lowest BCUT2D eigenvalue weighted by Gasteiger charge is -2.14. The van der Waals surface area contributed by atoms with Crippen LogP contribution in [0.25, 0.3) is 0 Å². The number of hydrogen-bond acceptors (Lipinski definition) is 9. The third-order valence-electron chi connectivity index (χ3n) is 5.66. The number of rotatable bonds is 8. The summed E-state index contributed by atoms with van der Waals surface area (Å²) in [4.78, 5) is 0. The second-order valence-electron chi connectivity index (χ2n) is 8.66. The topological polar surface area (TPSA) is 144 Å². The van der Waals surface area contributed by atoms with E-state index in [9.17, 15) is 20.3 Å². The van der Waals surface area contributed by atoms with E-state index in [0.717, 1.165) is 16.5 Å². The van der Waals surface area contributed by atoms with Gasteiger partial charge in [-0.15, -0.1) is 0 Å². The average Bonchev–Trinajstić information content (AvgIpc) is 3.36. The maximum absolute atomic E-state index is 9.97. The van der Waals surface area contributed by atoms with Gasteiger partial charge in [0.05, 0.1) is 24.4 Å². The van der Waals surface area contributed by atoms with E-state index in [1.807, 2.05) is 13.0 Å². The summed E-state index contributed by atoms with van der Waals surface area (Å²) in [6.07, 6.45) is -0.924. The van der Waals surface area contributed by atoms with Crippen molar-refractivity contribution in [1.82, 2.24) is 0 Å². The van der Waals surface area contributed by atoms with Crippen molar-refractivity contribution in [3.63, 3.8) is 0 Å². The van der Waals surface area contributed by atoms with Crippen molar-refractivity contribution >= 4 is 52.7 Å². The van der Waals surface area contributed by atoms with Crippen LogP contribution in [0.1, 0.15) is 50.5 Å². The molecule has 2 aliphatic heterocycles. The van der Waals surface area contributed by atoms with Crippen LogP contribution >= 0.6 is 27.5 Å². The Kier molecular flexibility index (Phi) is 10.5. The van der Waals surface area contributed by atoms with Gasteiger partial charge in [0, 0.05) is 32.5 Å². The first-order valence-electron chi connectivity index (χ1n) is 11.7. The second kappa shape index (κ2) is 12.9. The summed E-state index contributed by atoms with van der Waals surface area (Å²) in [5, 5.41) is 38.8. The molecule has 9 nitrogen and oxygen atoms in total. The van der Waals surface area contributed by atoms with E-state index in [1.54, 1.807) is 32.0 Å². The van der Waals surface area contributed by atoms with Crippen molar-refractivity contribution in [2.75, 3.05) is 19.8 Å². The number of benzene rings is 2. The molecule has 0 saturated carbocycles. The van der Waals surface area contributed by atoms with Crippen molar-refractivity contribution in [3.8, 4) is 11.5 Å². The summed E-state index contributed by atoms with van der Waals surface area (Å²) >= 11 is 9.57. The number of nitrogens with two attached hydrogens (primary N) is 1. The smallest absolute Gasteiger partial charge is 0.491 e. The van der Waals surface area contributed by atoms with E-state index >= 15 is 0 Å². The molecule has 0 aromatic heterocycles. The third kappa shape index (κ3) is 6.56. The van der Waals surface area contributed by atoms with Crippen LogP contribution in [0, 0.1) is 0 Å². The fourth-order valence-electron chi connectivity index (χ4n) is 4.07. The molecule has 0 bridgehead atoms. The minimum Gasteiger partial charge on any atom is -0.491 e. The zero-order valence-electron chi connectivity index (χ0n) is 20.4. The Morgan fingerprint density at radius 2 is 1.44 bits per heavy atom. The Morgan fingerprint density at radius 3 is 1.94 bits per heavy atom. The molecule has 2 heterocycles. The molecule has 2 aliphatic rings. The van der Waals surface area contributed by atoms with E-state index in [0.29, 0.717) is 33.0 Å². The fraction of sp³-hybridized carbons (Fsp3) is 0.478. The number of halogens is 2. The van der Waals surface area contributed by atoms with E-state index in [-0.39, 0.29) is 25.9 Å². The predicted octanol–water partition coefficient (Wildman–Crippen LogP) is 1.19. The van der Waals surface area contributed by atoms with E-state index < -0.39 is 32.5 Å². The minimum atomic E-state index is -1.10. The summed E-state index contributed by atoms with van der Waals surface area (Å²) in [5.41, 5.74) is 8.34. The molecule has 0 saturated heterocycles. The lowest BCUT2D eigenvalue weighted by Crippen LogP contribution is -2.31. The normalized spacial score (nSPS) is 19.8. The second-order valence-corrected chi connectivity index (χ2v) is 9.93. The molecule has 196 valence electrons. The highest BCUT2D eigenvalue weighted by Gasteiger charge is 2.40. The van der Waals surface area contributed by atoms with Crippen LogP contribution < -0.4 is 26.1 Å². The zero-order chi connectivity index (χ0) is 26.6. The van der Waals surface area contributed by atoms with Crippen molar-refractivity contribution in [2.45, 2.75) is 51.6 Å². The number of fused-ring (bicyclic) bond motifs is 2. The van der Waals surface area contributed by atoms with Crippen LogP contribution in [0.5, 0.6) is 11.5 Å². The quantitative estimate of drug-likeness (QED) is 0.288. The Bertz CT molecular complexity index is 966. The summed E-state index contributed by atoms with van der Waals surface area (Å²) < 4.78 is 22.7. The SMILES string of the molecule is CC(O)COc1ccc(Cl)c2c1B(O)OC2CN.CCC1OB(O)c2c(OCC(C)O)ccc(Br)c21. The van der Waals surface area contributed by atoms with Gasteiger partial charge in [0.25, 0.3) is 0 Å². The van der Waals surface area contributed by atoms with Crippen LogP contribution in [0.3, 0.4) is 0 Å². The molecule has 0 radical (unpaired) electrons. The maximum Gasteiger partial charge on any atom is 0.495 e. The molecular weight excluding hydrogens is 555 g/mol. The highest BCUT2D eigenvalue weighted by Crippen LogP contribution is 2.35. The van der Waals surface area contributed by atoms with Crippen LogP contribution in [0.4, 0.5) is 0 Å². The Hall–Kier alpha value is -1.34. The summed E-state index contributed by atoms with van der Waals surface area (Å²) in [6.45, 7) is 5.82. The number of aliphatic hydroxyl groups excluding tert-OH is 2. The lowest BCUT2D eigenvalue weighted by atomic mass is 9.78. The van der Waals surface area contributed by atoms with Gasteiger partial charge in [0.1, 0.15) is 24.7 Å². The number of hydrogen-bond donors (Lipinski definition) is 5. The van der Waals surface area contributed by atoms with Gasteiger partial charge in [-0.1, -0.05) is 34.5 Å². The first kappa shape index (κ1) is 29.2. The summed E-state index contributed by atoms with van der Waals surface area (Å²) in [7, 11) is -2.07. The molecule has 0 spiro atoms. The van der Waals surface area contributed by atoms with Gasteiger partial charge >= 0.3 is 14.2 Å². The molecule has 6 N–H and O–H groups in total. The van der Waals surface area contributed by atoms with Gasteiger partial charge in [-0.3, -0.25) is 0 Å². The first-order valence-corrected chi connectivity index (χ1v) is 12.9. The van der Waals surface area contributed by atoms with Crippen LogP contribution in [0.2, 0.25) is 5.02 Å². The average molecular weight is 586 g/mol. The highest BCUT2D eigenvalue weighted by atomic mass is 79.9. The van der Waals surface area contributed by atoms with E-state index in [2.05, 4.69) is 15.9 Å². The lowest BCUT2D eigenvalue weighted by molar-refractivity contribution is 0.123. The van der Waals surface area contributed by atoms with E-state index in [1.165, 1.54) is 0 Å². The van der Waals surface area contributed by atoms with Gasteiger partial charge in [0.2, 0.25) is 0 Å². The van der Waals surface area contributed by atoms with Crippen molar-refractivity contribution in [3.05, 3.63) is 44.9 Å². The summed E-state index contributed by atoms with van der Waals surface area (Å²) in [6, 6.07) is 6.97. The largest absolute Gasteiger partial charge is 0.495 e. The molecule has 0 aliphatic carbocycles. The predicted molar refractivity (Wildman–Crippen MR) is 142 cm³/mol. The van der Waals surface area contributed by atoms with Crippen molar-refractivity contribution in [2.24, 2.45) is 5.73 Å². The van der Waals surface area contributed by atoms with Gasteiger partial charge in [-0.25, -0.2) is 0 Å². The molecule has 4 atom stereocenters. The molecule has 2 aromatic carbocycles. The minimum absolute atomic E-state index is 0.125. The molecule has 0 amide bonds.